The van der Waals surface area contributed by atoms with Gasteiger partial charge in [0, 0.05) is 30.1 Å². The van der Waals surface area contributed by atoms with Crippen LogP contribution in [-0.2, 0) is 17.8 Å². The first-order valence-electron chi connectivity index (χ1n) is 8.48. The maximum absolute atomic E-state index is 12.5. The molecule has 2 N–H and O–H groups in total. The molecule has 0 aliphatic carbocycles. The molecule has 5 heteroatoms. The van der Waals surface area contributed by atoms with Gasteiger partial charge in [-0.1, -0.05) is 30.3 Å². The molecule has 3 rings (SSSR count). The van der Waals surface area contributed by atoms with Gasteiger partial charge in [0.25, 0.3) is 0 Å². The lowest BCUT2D eigenvalue weighted by Gasteiger charge is -2.15. The van der Waals surface area contributed by atoms with E-state index in [9.17, 15) is 4.79 Å². The largest absolute Gasteiger partial charge is 0.469 e. The maximum atomic E-state index is 12.5. The predicted octanol–water partition coefficient (Wildman–Crippen LogP) is 3.65. The quantitative estimate of drug-likeness (QED) is 0.691. The second-order valence-electron chi connectivity index (χ2n) is 6.30. The molecule has 2 heterocycles. The number of rotatable bonds is 7. The SMILES string of the molecule is Cc1n[nH]c(C)c1CNC(=O)C[C@@H](Cc1ccccc1)c1ccco1. The van der Waals surface area contributed by atoms with E-state index in [4.69, 9.17) is 4.42 Å². The van der Waals surface area contributed by atoms with Crippen molar-refractivity contribution in [2.75, 3.05) is 0 Å². The van der Waals surface area contributed by atoms with Gasteiger partial charge in [-0.2, -0.15) is 5.10 Å². The summed E-state index contributed by atoms with van der Waals surface area (Å²) in [6.45, 7) is 4.39. The molecule has 0 unspecified atom stereocenters. The molecule has 5 nitrogen and oxygen atoms in total. The second kappa shape index (κ2) is 7.83. The van der Waals surface area contributed by atoms with Gasteiger partial charge in [0.15, 0.2) is 0 Å². The normalized spacial score (nSPS) is 12.1. The first kappa shape index (κ1) is 17.0. The molecule has 0 radical (unpaired) electrons. The molecule has 3 aromatic rings. The Morgan fingerprint density at radius 2 is 2.00 bits per heavy atom. The maximum Gasteiger partial charge on any atom is 0.221 e. The van der Waals surface area contributed by atoms with Crippen molar-refractivity contribution in [3.8, 4) is 0 Å². The molecule has 0 bridgehead atoms. The topological polar surface area (TPSA) is 70.9 Å². The number of nitrogens with one attached hydrogen (secondary N) is 2. The smallest absolute Gasteiger partial charge is 0.221 e. The zero-order valence-electron chi connectivity index (χ0n) is 14.6. The summed E-state index contributed by atoms with van der Waals surface area (Å²) in [6, 6.07) is 14.0. The van der Waals surface area contributed by atoms with Gasteiger partial charge in [0.1, 0.15) is 5.76 Å². The highest BCUT2D eigenvalue weighted by Gasteiger charge is 2.19. The third kappa shape index (κ3) is 4.38. The van der Waals surface area contributed by atoms with Crippen LogP contribution in [0.3, 0.4) is 0 Å². The summed E-state index contributed by atoms with van der Waals surface area (Å²) in [5.41, 5.74) is 4.15. The lowest BCUT2D eigenvalue weighted by molar-refractivity contribution is -0.121. The summed E-state index contributed by atoms with van der Waals surface area (Å²) in [7, 11) is 0. The third-order valence-corrected chi connectivity index (χ3v) is 4.45. The molecule has 1 amide bonds. The van der Waals surface area contributed by atoms with E-state index in [0.29, 0.717) is 13.0 Å². The van der Waals surface area contributed by atoms with Gasteiger partial charge in [-0.15, -0.1) is 0 Å². The van der Waals surface area contributed by atoms with Crippen molar-refractivity contribution in [3.05, 3.63) is 77.0 Å². The van der Waals surface area contributed by atoms with Crippen LogP contribution in [0.2, 0.25) is 0 Å². The van der Waals surface area contributed by atoms with Crippen LogP contribution in [-0.4, -0.2) is 16.1 Å². The van der Waals surface area contributed by atoms with E-state index in [0.717, 1.165) is 29.1 Å². The van der Waals surface area contributed by atoms with Gasteiger partial charge < -0.3 is 9.73 Å². The number of carbonyl (C=O) groups excluding carboxylic acids is 1. The van der Waals surface area contributed by atoms with E-state index in [1.54, 1.807) is 6.26 Å². The van der Waals surface area contributed by atoms with E-state index in [-0.39, 0.29) is 11.8 Å². The van der Waals surface area contributed by atoms with Crippen molar-refractivity contribution in [1.29, 1.82) is 0 Å². The Balaban J connectivity index is 1.64. The van der Waals surface area contributed by atoms with Gasteiger partial charge in [0.05, 0.1) is 12.0 Å². The van der Waals surface area contributed by atoms with Gasteiger partial charge in [-0.25, -0.2) is 0 Å². The zero-order chi connectivity index (χ0) is 17.6. The van der Waals surface area contributed by atoms with E-state index >= 15 is 0 Å². The first-order chi connectivity index (χ1) is 12.1. The Morgan fingerprint density at radius 1 is 1.20 bits per heavy atom. The molecule has 0 saturated carbocycles. The van der Waals surface area contributed by atoms with Crippen molar-refractivity contribution in [2.24, 2.45) is 0 Å². The van der Waals surface area contributed by atoms with Crippen LogP contribution >= 0.6 is 0 Å². The number of H-pyrrole nitrogens is 1. The molecule has 1 aromatic carbocycles. The number of amides is 1. The molecule has 0 saturated heterocycles. The minimum Gasteiger partial charge on any atom is -0.469 e. The van der Waals surface area contributed by atoms with Crippen LogP contribution in [0.1, 0.15) is 40.6 Å². The van der Waals surface area contributed by atoms with Crippen LogP contribution < -0.4 is 5.32 Å². The Hall–Kier alpha value is -2.82. The van der Waals surface area contributed by atoms with Crippen molar-refractivity contribution in [3.63, 3.8) is 0 Å². The first-order valence-corrected chi connectivity index (χ1v) is 8.48. The lowest BCUT2D eigenvalue weighted by atomic mass is 9.93. The van der Waals surface area contributed by atoms with Crippen molar-refractivity contribution < 1.29 is 9.21 Å². The standard InChI is InChI=1S/C20H23N3O2/c1-14-18(15(2)23-22-14)13-21-20(24)12-17(19-9-6-10-25-19)11-16-7-4-3-5-8-16/h3-10,17H,11-13H2,1-2H3,(H,21,24)(H,22,23)/t17-/m1/s1. The van der Waals surface area contributed by atoms with Gasteiger partial charge in [-0.05, 0) is 38.0 Å². The number of aryl methyl sites for hydroxylation is 2. The Kier molecular flexibility index (Phi) is 5.33. The van der Waals surface area contributed by atoms with Crippen molar-refractivity contribution in [1.82, 2.24) is 15.5 Å². The van der Waals surface area contributed by atoms with Crippen LogP contribution in [0.25, 0.3) is 0 Å². The average molecular weight is 337 g/mol. The predicted molar refractivity (Wildman–Crippen MR) is 96.1 cm³/mol. The number of benzene rings is 1. The minimum absolute atomic E-state index is 0.0114. The zero-order valence-corrected chi connectivity index (χ0v) is 14.6. The summed E-state index contributed by atoms with van der Waals surface area (Å²) in [5.74, 6) is 0.871. The molecule has 130 valence electrons. The summed E-state index contributed by atoms with van der Waals surface area (Å²) in [6.07, 6.45) is 2.81. The number of aromatic amines is 1. The summed E-state index contributed by atoms with van der Waals surface area (Å²) in [5, 5.41) is 10.1. The number of carbonyl (C=O) groups is 1. The molecule has 0 fully saturated rings. The lowest BCUT2D eigenvalue weighted by Crippen LogP contribution is -2.25. The number of hydrogen-bond donors (Lipinski definition) is 2. The molecular formula is C20H23N3O2. The molecule has 1 atom stereocenters. The highest BCUT2D eigenvalue weighted by Crippen LogP contribution is 2.25. The molecule has 0 spiro atoms. The van der Waals surface area contributed by atoms with Crippen molar-refractivity contribution in [2.45, 2.75) is 39.2 Å². The summed E-state index contributed by atoms with van der Waals surface area (Å²) in [4.78, 5) is 12.5. The number of aromatic nitrogens is 2. The molecule has 2 aromatic heterocycles. The number of furan rings is 1. The Morgan fingerprint density at radius 3 is 2.64 bits per heavy atom. The average Bonchev–Trinajstić information content (AvgIpc) is 3.24. The van der Waals surface area contributed by atoms with E-state index in [1.807, 2.05) is 44.2 Å². The van der Waals surface area contributed by atoms with E-state index in [1.165, 1.54) is 5.56 Å². The number of nitrogens with zero attached hydrogens (tertiary/aromatic N) is 1. The number of hydrogen-bond acceptors (Lipinski definition) is 3. The van der Waals surface area contributed by atoms with Crippen LogP contribution in [0, 0.1) is 13.8 Å². The monoisotopic (exact) mass is 337 g/mol. The van der Waals surface area contributed by atoms with E-state index < -0.39 is 0 Å². The van der Waals surface area contributed by atoms with Crippen LogP contribution in [0.4, 0.5) is 0 Å². The highest BCUT2D eigenvalue weighted by molar-refractivity contribution is 5.76. The summed E-state index contributed by atoms with van der Waals surface area (Å²) < 4.78 is 5.56. The van der Waals surface area contributed by atoms with Crippen LogP contribution in [0.5, 0.6) is 0 Å². The second-order valence-corrected chi connectivity index (χ2v) is 6.30. The highest BCUT2D eigenvalue weighted by atomic mass is 16.3. The molecule has 0 aliphatic rings. The fraction of sp³-hybridized carbons (Fsp3) is 0.300. The minimum atomic E-state index is 0.0114. The fourth-order valence-electron chi connectivity index (χ4n) is 3.01. The Bertz CT molecular complexity index is 787. The summed E-state index contributed by atoms with van der Waals surface area (Å²) >= 11 is 0. The van der Waals surface area contributed by atoms with Gasteiger partial charge in [0.2, 0.25) is 5.91 Å². The molecule has 0 aliphatic heterocycles. The van der Waals surface area contributed by atoms with E-state index in [2.05, 4.69) is 27.6 Å². The molecular weight excluding hydrogens is 314 g/mol. The van der Waals surface area contributed by atoms with Gasteiger partial charge >= 0.3 is 0 Å². The van der Waals surface area contributed by atoms with Gasteiger partial charge in [-0.3, -0.25) is 9.89 Å². The Labute approximate surface area is 147 Å². The van der Waals surface area contributed by atoms with Crippen LogP contribution in [0.15, 0.2) is 53.1 Å². The van der Waals surface area contributed by atoms with Crippen molar-refractivity contribution >= 4 is 5.91 Å². The molecule has 25 heavy (non-hydrogen) atoms. The third-order valence-electron chi connectivity index (χ3n) is 4.45. The fourth-order valence-corrected chi connectivity index (χ4v) is 3.01.